The van der Waals surface area contributed by atoms with Crippen molar-refractivity contribution < 1.29 is 14.3 Å². The lowest BCUT2D eigenvalue weighted by Crippen LogP contribution is -2.46. The summed E-state index contributed by atoms with van der Waals surface area (Å²) in [5.41, 5.74) is 1.58. The summed E-state index contributed by atoms with van der Waals surface area (Å²) in [4.78, 5) is 16.7. The van der Waals surface area contributed by atoms with Gasteiger partial charge in [-0.15, -0.1) is 10.2 Å². The smallest absolute Gasteiger partial charge is 0.271 e. The van der Waals surface area contributed by atoms with E-state index < -0.39 is 0 Å². The molecule has 1 aromatic heterocycles. The highest BCUT2D eigenvalue weighted by Crippen LogP contribution is 2.32. The fourth-order valence-corrected chi connectivity index (χ4v) is 3.43. The van der Waals surface area contributed by atoms with Gasteiger partial charge < -0.3 is 19.7 Å². The van der Waals surface area contributed by atoms with Crippen LogP contribution in [0.1, 0.15) is 29.9 Å². The van der Waals surface area contributed by atoms with E-state index in [4.69, 9.17) is 9.47 Å². The van der Waals surface area contributed by atoms with E-state index in [0.717, 1.165) is 50.0 Å². The zero-order chi connectivity index (χ0) is 20.2. The number of fused-ring (bicyclic) bond motifs is 1. The van der Waals surface area contributed by atoms with Crippen LogP contribution in [0.4, 0.5) is 5.82 Å². The van der Waals surface area contributed by atoms with Gasteiger partial charge in [0.25, 0.3) is 5.91 Å². The number of rotatable bonds is 6. The van der Waals surface area contributed by atoms with Gasteiger partial charge in [0.15, 0.2) is 23.0 Å². The molecule has 1 saturated heterocycles. The van der Waals surface area contributed by atoms with E-state index in [1.165, 1.54) is 5.56 Å². The Morgan fingerprint density at radius 3 is 2.59 bits per heavy atom. The monoisotopic (exact) mass is 397 g/mol. The van der Waals surface area contributed by atoms with Gasteiger partial charge in [-0.25, -0.2) is 0 Å². The number of hydrogen-bond donors (Lipinski definition) is 1. The fourth-order valence-electron chi connectivity index (χ4n) is 3.43. The molecule has 2 aromatic rings. The van der Waals surface area contributed by atoms with Crippen molar-refractivity contribution in [1.29, 1.82) is 0 Å². The molecule has 0 spiro atoms. The predicted molar refractivity (Wildman–Crippen MR) is 109 cm³/mol. The van der Waals surface area contributed by atoms with Gasteiger partial charge in [-0.1, -0.05) is 19.9 Å². The SMILES string of the molecule is CC(C)CNC(=O)c1ccc(N2CCN(Cc3ccc4c(c3)OCO4)CC2)nn1. The van der Waals surface area contributed by atoms with E-state index in [2.05, 4.69) is 51.3 Å². The second-order valence-electron chi connectivity index (χ2n) is 7.83. The van der Waals surface area contributed by atoms with E-state index in [1.807, 2.05) is 12.1 Å². The summed E-state index contributed by atoms with van der Waals surface area (Å²) in [7, 11) is 0. The molecule has 0 radical (unpaired) electrons. The van der Waals surface area contributed by atoms with Gasteiger partial charge in [0.2, 0.25) is 6.79 Å². The second kappa shape index (κ2) is 8.65. The zero-order valence-electron chi connectivity index (χ0n) is 16.9. The van der Waals surface area contributed by atoms with E-state index in [-0.39, 0.29) is 5.91 Å². The van der Waals surface area contributed by atoms with Crippen molar-refractivity contribution in [2.75, 3.05) is 44.4 Å². The number of ether oxygens (including phenoxy) is 2. The molecule has 8 nitrogen and oxygen atoms in total. The average molecular weight is 397 g/mol. The number of hydrogen-bond acceptors (Lipinski definition) is 7. The van der Waals surface area contributed by atoms with Crippen LogP contribution in [0.25, 0.3) is 0 Å². The fraction of sp³-hybridized carbons (Fsp3) is 0.476. The van der Waals surface area contributed by atoms with Crippen molar-refractivity contribution in [2.45, 2.75) is 20.4 Å². The Morgan fingerprint density at radius 1 is 1.07 bits per heavy atom. The number of benzene rings is 1. The first-order valence-electron chi connectivity index (χ1n) is 10.1. The van der Waals surface area contributed by atoms with Crippen LogP contribution >= 0.6 is 0 Å². The minimum atomic E-state index is -0.175. The van der Waals surface area contributed by atoms with E-state index in [9.17, 15) is 4.79 Å². The number of anilines is 1. The third kappa shape index (κ3) is 4.76. The molecule has 3 heterocycles. The number of nitrogens with one attached hydrogen (secondary N) is 1. The summed E-state index contributed by atoms with van der Waals surface area (Å²) in [6.07, 6.45) is 0. The van der Waals surface area contributed by atoms with Gasteiger partial charge in [-0.05, 0) is 35.7 Å². The molecule has 4 rings (SSSR count). The van der Waals surface area contributed by atoms with Crippen LogP contribution in [0, 0.1) is 5.92 Å². The molecule has 29 heavy (non-hydrogen) atoms. The molecule has 2 aliphatic rings. The van der Waals surface area contributed by atoms with Gasteiger partial charge >= 0.3 is 0 Å². The van der Waals surface area contributed by atoms with Gasteiger partial charge in [0, 0.05) is 39.3 Å². The zero-order valence-corrected chi connectivity index (χ0v) is 16.9. The van der Waals surface area contributed by atoms with Crippen LogP contribution in [-0.4, -0.2) is 60.5 Å². The summed E-state index contributed by atoms with van der Waals surface area (Å²) in [6.45, 7) is 9.55. The van der Waals surface area contributed by atoms with E-state index >= 15 is 0 Å². The van der Waals surface area contributed by atoms with E-state index in [1.54, 1.807) is 6.07 Å². The number of piperazine rings is 1. The van der Waals surface area contributed by atoms with Crippen molar-refractivity contribution in [3.05, 3.63) is 41.6 Å². The Morgan fingerprint density at radius 2 is 1.86 bits per heavy atom. The van der Waals surface area contributed by atoms with Crippen LogP contribution in [0.5, 0.6) is 11.5 Å². The maximum atomic E-state index is 12.1. The first kappa shape index (κ1) is 19.4. The number of amides is 1. The molecule has 154 valence electrons. The number of carbonyl (C=O) groups excluding carboxylic acids is 1. The highest BCUT2D eigenvalue weighted by molar-refractivity contribution is 5.92. The molecule has 1 aromatic carbocycles. The van der Waals surface area contributed by atoms with E-state index in [0.29, 0.717) is 24.9 Å². The molecular weight excluding hydrogens is 370 g/mol. The molecule has 8 heteroatoms. The minimum absolute atomic E-state index is 0.175. The number of aromatic nitrogens is 2. The molecule has 1 fully saturated rings. The quantitative estimate of drug-likeness (QED) is 0.798. The van der Waals surface area contributed by atoms with Crippen LogP contribution in [0.3, 0.4) is 0 Å². The summed E-state index contributed by atoms with van der Waals surface area (Å²) >= 11 is 0. The van der Waals surface area contributed by atoms with Crippen molar-refractivity contribution in [2.24, 2.45) is 5.92 Å². The maximum absolute atomic E-state index is 12.1. The summed E-state index contributed by atoms with van der Waals surface area (Å²) in [5, 5.41) is 11.2. The Labute approximate surface area is 170 Å². The topological polar surface area (TPSA) is 79.8 Å². The number of nitrogens with zero attached hydrogens (tertiary/aromatic N) is 4. The lowest BCUT2D eigenvalue weighted by atomic mass is 10.1. The third-order valence-corrected chi connectivity index (χ3v) is 5.09. The van der Waals surface area contributed by atoms with Gasteiger partial charge in [0.05, 0.1) is 0 Å². The van der Waals surface area contributed by atoms with Crippen molar-refractivity contribution in [1.82, 2.24) is 20.4 Å². The van der Waals surface area contributed by atoms with Crippen molar-refractivity contribution >= 4 is 11.7 Å². The lowest BCUT2D eigenvalue weighted by Gasteiger charge is -2.35. The molecule has 0 bridgehead atoms. The van der Waals surface area contributed by atoms with Crippen LogP contribution < -0.4 is 19.7 Å². The maximum Gasteiger partial charge on any atom is 0.271 e. The predicted octanol–water partition coefficient (Wildman–Crippen LogP) is 1.91. The summed E-state index contributed by atoms with van der Waals surface area (Å²) < 4.78 is 10.8. The molecule has 0 atom stereocenters. The molecule has 1 amide bonds. The Kier molecular flexibility index (Phi) is 5.80. The number of carbonyl (C=O) groups is 1. The Balaban J connectivity index is 1.28. The standard InChI is InChI=1S/C21H27N5O3/c1-15(2)12-22-21(27)17-4-6-20(24-23-17)26-9-7-25(8-10-26)13-16-3-5-18-19(11-16)29-14-28-18/h3-6,11,15H,7-10,12-14H2,1-2H3,(H,22,27). The minimum Gasteiger partial charge on any atom is -0.454 e. The van der Waals surface area contributed by atoms with Crippen LogP contribution in [-0.2, 0) is 6.54 Å². The molecule has 0 unspecified atom stereocenters. The molecule has 0 aliphatic carbocycles. The molecular formula is C21H27N5O3. The Bertz CT molecular complexity index is 848. The average Bonchev–Trinajstić information content (AvgIpc) is 3.20. The van der Waals surface area contributed by atoms with Crippen LogP contribution in [0.15, 0.2) is 30.3 Å². The van der Waals surface area contributed by atoms with Crippen molar-refractivity contribution in [3.8, 4) is 11.5 Å². The summed E-state index contributed by atoms with van der Waals surface area (Å²) in [5.74, 6) is 2.69. The highest BCUT2D eigenvalue weighted by atomic mass is 16.7. The summed E-state index contributed by atoms with van der Waals surface area (Å²) in [6, 6.07) is 9.75. The highest BCUT2D eigenvalue weighted by Gasteiger charge is 2.20. The third-order valence-electron chi connectivity index (χ3n) is 5.09. The first-order valence-corrected chi connectivity index (χ1v) is 10.1. The first-order chi connectivity index (χ1) is 14.1. The van der Waals surface area contributed by atoms with Crippen molar-refractivity contribution in [3.63, 3.8) is 0 Å². The largest absolute Gasteiger partial charge is 0.454 e. The molecule has 1 N–H and O–H groups in total. The molecule has 0 saturated carbocycles. The molecule has 2 aliphatic heterocycles. The van der Waals surface area contributed by atoms with Gasteiger partial charge in [-0.2, -0.15) is 0 Å². The second-order valence-corrected chi connectivity index (χ2v) is 7.83. The lowest BCUT2D eigenvalue weighted by molar-refractivity contribution is 0.0943. The normalized spacial score (nSPS) is 16.3. The Hall–Kier alpha value is -2.87. The van der Waals surface area contributed by atoms with Crippen LogP contribution in [0.2, 0.25) is 0 Å². The van der Waals surface area contributed by atoms with Gasteiger partial charge in [0.1, 0.15) is 0 Å². The van der Waals surface area contributed by atoms with Gasteiger partial charge in [-0.3, -0.25) is 9.69 Å².